The smallest absolute Gasteiger partial charge is 0.317 e. The first-order valence-electron chi connectivity index (χ1n) is 7.50. The lowest BCUT2D eigenvalue weighted by atomic mass is 10.2. The highest BCUT2D eigenvalue weighted by atomic mass is 16.2. The maximum atomic E-state index is 12.0. The molecule has 104 valence electrons. The molecule has 0 radical (unpaired) electrons. The van der Waals surface area contributed by atoms with E-state index in [2.05, 4.69) is 24.1 Å². The molecular weight excluding hydrogens is 226 g/mol. The Hall–Kier alpha value is -0.770. The lowest BCUT2D eigenvalue weighted by molar-refractivity contribution is 0.108. The summed E-state index contributed by atoms with van der Waals surface area (Å²) in [6.45, 7) is 8.05. The summed E-state index contributed by atoms with van der Waals surface area (Å²) in [5.74, 6) is 0. The monoisotopic (exact) mass is 253 g/mol. The average Bonchev–Trinajstić information content (AvgIpc) is 2.92. The van der Waals surface area contributed by atoms with Gasteiger partial charge in [-0.15, -0.1) is 0 Å². The third-order valence-corrected chi connectivity index (χ3v) is 4.42. The van der Waals surface area contributed by atoms with Gasteiger partial charge in [0.05, 0.1) is 0 Å². The van der Waals surface area contributed by atoms with E-state index in [0.717, 1.165) is 38.6 Å². The van der Waals surface area contributed by atoms with Crippen LogP contribution in [-0.2, 0) is 0 Å². The van der Waals surface area contributed by atoms with Gasteiger partial charge in [0.1, 0.15) is 0 Å². The molecule has 1 N–H and O–H groups in total. The van der Waals surface area contributed by atoms with Crippen LogP contribution in [0.5, 0.6) is 0 Å². The number of rotatable bonds is 3. The van der Waals surface area contributed by atoms with Gasteiger partial charge in [-0.3, -0.25) is 4.90 Å². The Morgan fingerprint density at radius 2 is 1.83 bits per heavy atom. The number of hydrogen-bond acceptors (Lipinski definition) is 2. The first-order chi connectivity index (χ1) is 8.70. The van der Waals surface area contributed by atoms with Crippen LogP contribution >= 0.6 is 0 Å². The molecule has 1 aliphatic heterocycles. The molecule has 18 heavy (non-hydrogen) atoms. The Balaban J connectivity index is 1.73. The van der Waals surface area contributed by atoms with Crippen molar-refractivity contribution in [3.63, 3.8) is 0 Å². The van der Waals surface area contributed by atoms with E-state index in [9.17, 15) is 4.79 Å². The maximum Gasteiger partial charge on any atom is 0.317 e. The van der Waals surface area contributed by atoms with Gasteiger partial charge in [-0.05, 0) is 26.2 Å². The molecular formula is C14H27N3O. The van der Waals surface area contributed by atoms with E-state index >= 15 is 0 Å². The van der Waals surface area contributed by atoms with Crippen LogP contribution in [0.15, 0.2) is 0 Å². The fourth-order valence-corrected chi connectivity index (χ4v) is 2.96. The number of nitrogens with zero attached hydrogens (tertiary/aromatic N) is 2. The minimum absolute atomic E-state index is 0.121. The van der Waals surface area contributed by atoms with Crippen molar-refractivity contribution in [3.05, 3.63) is 0 Å². The maximum absolute atomic E-state index is 12.0. The number of nitrogens with one attached hydrogen (secondary N) is 1. The van der Waals surface area contributed by atoms with E-state index in [1.165, 1.54) is 25.7 Å². The van der Waals surface area contributed by atoms with Crippen molar-refractivity contribution in [1.29, 1.82) is 0 Å². The number of carbonyl (C=O) groups is 1. The van der Waals surface area contributed by atoms with Crippen molar-refractivity contribution in [2.24, 2.45) is 0 Å². The molecule has 1 heterocycles. The van der Waals surface area contributed by atoms with Crippen LogP contribution < -0.4 is 5.32 Å². The van der Waals surface area contributed by atoms with Gasteiger partial charge in [-0.25, -0.2) is 4.79 Å². The minimum Gasteiger partial charge on any atom is -0.336 e. The highest BCUT2D eigenvalue weighted by Gasteiger charge is 2.27. The van der Waals surface area contributed by atoms with Crippen LogP contribution in [-0.4, -0.2) is 54.1 Å². The van der Waals surface area contributed by atoms with Gasteiger partial charge in [-0.2, -0.15) is 0 Å². The summed E-state index contributed by atoms with van der Waals surface area (Å²) in [7, 11) is 0. The number of amides is 2. The molecule has 2 rings (SSSR count). The standard InChI is InChI=1S/C14H27N3O/c1-3-12(2)15-14(18)17-10-8-16(9-11-17)13-6-4-5-7-13/h12-13H,3-11H2,1-2H3,(H,15,18). The molecule has 2 amide bonds. The van der Waals surface area contributed by atoms with Crippen LogP contribution in [0.25, 0.3) is 0 Å². The fourth-order valence-electron chi connectivity index (χ4n) is 2.96. The van der Waals surface area contributed by atoms with Crippen molar-refractivity contribution >= 4 is 6.03 Å². The molecule has 0 spiro atoms. The van der Waals surface area contributed by atoms with Crippen LogP contribution in [0.3, 0.4) is 0 Å². The van der Waals surface area contributed by atoms with Gasteiger partial charge in [0.15, 0.2) is 0 Å². The summed E-state index contributed by atoms with van der Waals surface area (Å²) in [5, 5.41) is 3.05. The second-order valence-electron chi connectivity index (χ2n) is 5.72. The third kappa shape index (κ3) is 3.37. The van der Waals surface area contributed by atoms with Crippen LogP contribution in [0, 0.1) is 0 Å². The highest BCUT2D eigenvalue weighted by molar-refractivity contribution is 5.74. The molecule has 1 aliphatic carbocycles. The largest absolute Gasteiger partial charge is 0.336 e. The molecule has 1 saturated carbocycles. The summed E-state index contributed by atoms with van der Waals surface area (Å²) in [6, 6.07) is 1.20. The van der Waals surface area contributed by atoms with Gasteiger partial charge in [0.2, 0.25) is 0 Å². The van der Waals surface area contributed by atoms with Crippen LogP contribution in [0.1, 0.15) is 46.0 Å². The van der Waals surface area contributed by atoms with E-state index < -0.39 is 0 Å². The molecule has 4 heteroatoms. The van der Waals surface area contributed by atoms with E-state index in [4.69, 9.17) is 0 Å². The lowest BCUT2D eigenvalue weighted by Crippen LogP contribution is -2.54. The molecule has 4 nitrogen and oxygen atoms in total. The third-order valence-electron chi connectivity index (χ3n) is 4.42. The Morgan fingerprint density at radius 1 is 1.22 bits per heavy atom. The Morgan fingerprint density at radius 3 is 2.39 bits per heavy atom. The average molecular weight is 253 g/mol. The molecule has 0 aromatic carbocycles. The van der Waals surface area contributed by atoms with Crippen molar-refractivity contribution in [3.8, 4) is 0 Å². The number of hydrogen-bond donors (Lipinski definition) is 1. The Bertz CT molecular complexity index is 268. The topological polar surface area (TPSA) is 35.6 Å². The molecule has 1 atom stereocenters. The molecule has 1 saturated heterocycles. The zero-order valence-electron chi connectivity index (χ0n) is 11.8. The Labute approximate surface area is 111 Å². The SMILES string of the molecule is CCC(C)NC(=O)N1CCN(C2CCCC2)CC1. The zero-order valence-corrected chi connectivity index (χ0v) is 11.8. The summed E-state index contributed by atoms with van der Waals surface area (Å²) in [6.07, 6.45) is 6.49. The first kappa shape index (κ1) is 13.7. The van der Waals surface area contributed by atoms with E-state index in [1.54, 1.807) is 0 Å². The van der Waals surface area contributed by atoms with Gasteiger partial charge in [0, 0.05) is 38.3 Å². The first-order valence-corrected chi connectivity index (χ1v) is 7.50. The minimum atomic E-state index is 0.121. The summed E-state index contributed by atoms with van der Waals surface area (Å²) < 4.78 is 0. The van der Waals surface area contributed by atoms with Crippen molar-refractivity contribution in [2.45, 2.75) is 58.0 Å². The molecule has 0 aromatic rings. The normalized spacial score (nSPS) is 24.2. The zero-order chi connectivity index (χ0) is 13.0. The molecule has 2 aliphatic rings. The fraction of sp³-hybridized carbons (Fsp3) is 0.929. The predicted octanol–water partition coefficient (Wildman–Crippen LogP) is 2.05. The van der Waals surface area contributed by atoms with E-state index in [1.807, 2.05) is 4.90 Å². The second-order valence-corrected chi connectivity index (χ2v) is 5.72. The van der Waals surface area contributed by atoms with E-state index in [-0.39, 0.29) is 12.1 Å². The van der Waals surface area contributed by atoms with Gasteiger partial charge in [-0.1, -0.05) is 19.8 Å². The van der Waals surface area contributed by atoms with Crippen molar-refractivity contribution < 1.29 is 4.79 Å². The van der Waals surface area contributed by atoms with Gasteiger partial charge in [0.25, 0.3) is 0 Å². The highest BCUT2D eigenvalue weighted by Crippen LogP contribution is 2.24. The lowest BCUT2D eigenvalue weighted by Gasteiger charge is -2.38. The molecule has 0 aromatic heterocycles. The summed E-state index contributed by atoms with van der Waals surface area (Å²) in [5.41, 5.74) is 0. The molecule has 2 fully saturated rings. The van der Waals surface area contributed by atoms with Crippen LogP contribution in [0.4, 0.5) is 4.79 Å². The second kappa shape index (κ2) is 6.41. The molecule has 0 bridgehead atoms. The van der Waals surface area contributed by atoms with Gasteiger partial charge < -0.3 is 10.2 Å². The van der Waals surface area contributed by atoms with Gasteiger partial charge >= 0.3 is 6.03 Å². The predicted molar refractivity (Wildman–Crippen MR) is 73.7 cm³/mol. The summed E-state index contributed by atoms with van der Waals surface area (Å²) in [4.78, 5) is 16.5. The number of urea groups is 1. The quantitative estimate of drug-likeness (QED) is 0.835. The number of piperazine rings is 1. The van der Waals surface area contributed by atoms with Crippen molar-refractivity contribution in [1.82, 2.24) is 15.1 Å². The summed E-state index contributed by atoms with van der Waals surface area (Å²) >= 11 is 0. The Kier molecular flexibility index (Phi) is 4.87. The number of carbonyl (C=O) groups excluding carboxylic acids is 1. The van der Waals surface area contributed by atoms with Crippen LogP contribution in [0.2, 0.25) is 0 Å². The van der Waals surface area contributed by atoms with E-state index in [0.29, 0.717) is 0 Å². The molecule has 1 unspecified atom stereocenters. The van der Waals surface area contributed by atoms with Crippen molar-refractivity contribution in [2.75, 3.05) is 26.2 Å².